The Kier molecular flexibility index (Phi) is 4.22. The summed E-state index contributed by atoms with van der Waals surface area (Å²) in [7, 11) is 1.79. The third kappa shape index (κ3) is 3.22. The van der Waals surface area contributed by atoms with Crippen molar-refractivity contribution in [1.29, 1.82) is 0 Å². The lowest BCUT2D eigenvalue weighted by molar-refractivity contribution is -0.134. The highest BCUT2D eigenvalue weighted by Gasteiger charge is 2.28. The van der Waals surface area contributed by atoms with E-state index < -0.39 is 0 Å². The number of piperidine rings is 1. The van der Waals surface area contributed by atoms with Crippen molar-refractivity contribution in [2.45, 2.75) is 50.6 Å². The smallest absolute Gasteiger partial charge is 0.223 e. The van der Waals surface area contributed by atoms with Crippen molar-refractivity contribution in [3.05, 3.63) is 0 Å². The summed E-state index contributed by atoms with van der Waals surface area (Å²) in [5.74, 6) is 0.437. The number of carbonyl (C=O) groups excluding carboxylic acids is 2. The molecule has 2 amide bonds. The summed E-state index contributed by atoms with van der Waals surface area (Å²) >= 11 is 0. The SMILES string of the molecule is CN1CC(NC(=O)C2CCC(N)CC2)CCC1=O. The van der Waals surface area contributed by atoms with Gasteiger partial charge >= 0.3 is 0 Å². The van der Waals surface area contributed by atoms with Crippen LogP contribution in [0.5, 0.6) is 0 Å². The molecule has 102 valence electrons. The van der Waals surface area contributed by atoms with Crippen LogP contribution in [0.1, 0.15) is 38.5 Å². The van der Waals surface area contributed by atoms with Crippen LogP contribution < -0.4 is 11.1 Å². The molecule has 1 atom stereocenters. The molecule has 18 heavy (non-hydrogen) atoms. The van der Waals surface area contributed by atoms with Gasteiger partial charge in [-0.05, 0) is 32.1 Å². The molecule has 1 aliphatic heterocycles. The van der Waals surface area contributed by atoms with Gasteiger partial charge in [-0.15, -0.1) is 0 Å². The Morgan fingerprint density at radius 3 is 2.56 bits per heavy atom. The molecular formula is C13H23N3O2. The average Bonchev–Trinajstić information content (AvgIpc) is 2.34. The van der Waals surface area contributed by atoms with E-state index in [0.717, 1.165) is 32.1 Å². The first-order chi connectivity index (χ1) is 8.56. The van der Waals surface area contributed by atoms with Crippen LogP contribution in [0.2, 0.25) is 0 Å². The third-order valence-corrected chi connectivity index (χ3v) is 4.12. The first-order valence-corrected chi connectivity index (χ1v) is 6.86. The van der Waals surface area contributed by atoms with Crippen LogP contribution in [0.15, 0.2) is 0 Å². The Morgan fingerprint density at radius 2 is 1.94 bits per heavy atom. The van der Waals surface area contributed by atoms with Gasteiger partial charge in [0.1, 0.15) is 0 Å². The van der Waals surface area contributed by atoms with Crippen LogP contribution in [-0.2, 0) is 9.59 Å². The molecule has 2 fully saturated rings. The molecule has 0 bridgehead atoms. The van der Waals surface area contributed by atoms with Crippen LogP contribution in [0.3, 0.4) is 0 Å². The Labute approximate surface area is 108 Å². The van der Waals surface area contributed by atoms with Crippen molar-refractivity contribution in [2.75, 3.05) is 13.6 Å². The molecule has 1 heterocycles. The fourth-order valence-electron chi connectivity index (χ4n) is 2.83. The molecule has 1 unspecified atom stereocenters. The summed E-state index contributed by atoms with van der Waals surface area (Å²) in [6, 6.07) is 0.392. The third-order valence-electron chi connectivity index (χ3n) is 4.12. The van der Waals surface area contributed by atoms with Crippen LogP contribution >= 0.6 is 0 Å². The van der Waals surface area contributed by atoms with E-state index in [4.69, 9.17) is 5.73 Å². The number of carbonyl (C=O) groups is 2. The standard InChI is InChI=1S/C13H23N3O2/c1-16-8-11(6-7-12(16)17)15-13(18)9-2-4-10(14)5-3-9/h9-11H,2-8,14H2,1H3,(H,15,18). The van der Waals surface area contributed by atoms with E-state index in [1.54, 1.807) is 11.9 Å². The molecule has 0 aromatic heterocycles. The van der Waals surface area contributed by atoms with Crippen molar-refractivity contribution in [2.24, 2.45) is 11.7 Å². The Bertz CT molecular complexity index is 324. The second kappa shape index (κ2) is 5.69. The predicted octanol–water partition coefficient (Wildman–Crippen LogP) is 0.241. The summed E-state index contributed by atoms with van der Waals surface area (Å²) < 4.78 is 0. The maximum Gasteiger partial charge on any atom is 0.223 e. The number of hydrogen-bond donors (Lipinski definition) is 2. The summed E-state index contributed by atoms with van der Waals surface area (Å²) in [6.07, 6.45) is 4.99. The fourth-order valence-corrected chi connectivity index (χ4v) is 2.83. The predicted molar refractivity (Wildman–Crippen MR) is 68.7 cm³/mol. The zero-order valence-corrected chi connectivity index (χ0v) is 11.0. The van der Waals surface area contributed by atoms with Gasteiger partial charge in [-0.25, -0.2) is 0 Å². The maximum absolute atomic E-state index is 12.1. The van der Waals surface area contributed by atoms with Crippen molar-refractivity contribution in [1.82, 2.24) is 10.2 Å². The van der Waals surface area contributed by atoms with Gasteiger partial charge in [0.25, 0.3) is 0 Å². The zero-order valence-electron chi connectivity index (χ0n) is 11.0. The average molecular weight is 253 g/mol. The van der Waals surface area contributed by atoms with Crippen molar-refractivity contribution < 1.29 is 9.59 Å². The van der Waals surface area contributed by atoms with Gasteiger partial charge in [-0.1, -0.05) is 0 Å². The van der Waals surface area contributed by atoms with Crippen LogP contribution in [0.4, 0.5) is 0 Å². The lowest BCUT2D eigenvalue weighted by Gasteiger charge is -2.32. The van der Waals surface area contributed by atoms with E-state index in [2.05, 4.69) is 5.32 Å². The van der Waals surface area contributed by atoms with Crippen LogP contribution in [-0.4, -0.2) is 42.4 Å². The molecule has 1 saturated carbocycles. The van der Waals surface area contributed by atoms with Crippen LogP contribution in [0, 0.1) is 5.92 Å². The molecule has 0 aromatic rings. The summed E-state index contributed by atoms with van der Waals surface area (Å²) in [5.41, 5.74) is 5.84. The zero-order chi connectivity index (χ0) is 13.1. The first-order valence-electron chi connectivity index (χ1n) is 6.86. The number of nitrogens with zero attached hydrogens (tertiary/aromatic N) is 1. The van der Waals surface area contributed by atoms with E-state index >= 15 is 0 Å². The Morgan fingerprint density at radius 1 is 1.28 bits per heavy atom. The summed E-state index contributed by atoms with van der Waals surface area (Å²) in [6.45, 7) is 0.636. The highest BCUT2D eigenvalue weighted by molar-refractivity contribution is 5.80. The number of likely N-dealkylation sites (N-methyl/N-ethyl adjacent to an activating group) is 1. The van der Waals surface area contributed by atoms with Gasteiger partial charge in [0.05, 0.1) is 0 Å². The van der Waals surface area contributed by atoms with Crippen molar-refractivity contribution in [3.63, 3.8) is 0 Å². The molecule has 0 radical (unpaired) electrons. The molecule has 0 spiro atoms. The topological polar surface area (TPSA) is 75.4 Å². The van der Waals surface area contributed by atoms with E-state index in [9.17, 15) is 9.59 Å². The normalized spacial score (nSPS) is 33.3. The van der Waals surface area contributed by atoms with E-state index in [0.29, 0.717) is 13.0 Å². The van der Waals surface area contributed by atoms with Crippen molar-refractivity contribution in [3.8, 4) is 0 Å². The lowest BCUT2D eigenvalue weighted by atomic mass is 9.85. The molecule has 0 aromatic carbocycles. The van der Waals surface area contributed by atoms with Gasteiger partial charge in [0.15, 0.2) is 0 Å². The van der Waals surface area contributed by atoms with E-state index in [1.807, 2.05) is 0 Å². The molecule has 3 N–H and O–H groups in total. The van der Waals surface area contributed by atoms with Gasteiger partial charge < -0.3 is 16.0 Å². The maximum atomic E-state index is 12.1. The van der Waals surface area contributed by atoms with Gasteiger partial charge in [-0.2, -0.15) is 0 Å². The Balaban J connectivity index is 1.79. The molecule has 5 heteroatoms. The molecule has 2 aliphatic rings. The molecule has 1 saturated heterocycles. The number of hydrogen-bond acceptors (Lipinski definition) is 3. The first kappa shape index (κ1) is 13.3. The minimum absolute atomic E-state index is 0.118. The number of amides is 2. The number of rotatable bonds is 2. The summed E-state index contributed by atoms with van der Waals surface area (Å²) in [5, 5.41) is 3.08. The van der Waals surface area contributed by atoms with E-state index in [-0.39, 0.29) is 29.8 Å². The monoisotopic (exact) mass is 253 g/mol. The second-order valence-corrected chi connectivity index (χ2v) is 5.63. The molecule has 5 nitrogen and oxygen atoms in total. The number of nitrogens with one attached hydrogen (secondary N) is 1. The number of likely N-dealkylation sites (tertiary alicyclic amines) is 1. The molecule has 2 rings (SSSR count). The fraction of sp³-hybridized carbons (Fsp3) is 0.846. The largest absolute Gasteiger partial charge is 0.351 e. The van der Waals surface area contributed by atoms with Gasteiger partial charge in [-0.3, -0.25) is 9.59 Å². The highest BCUT2D eigenvalue weighted by atomic mass is 16.2. The van der Waals surface area contributed by atoms with Crippen LogP contribution in [0.25, 0.3) is 0 Å². The summed E-state index contributed by atoms with van der Waals surface area (Å²) in [4.78, 5) is 25.2. The molecule has 1 aliphatic carbocycles. The Hall–Kier alpha value is -1.10. The highest BCUT2D eigenvalue weighted by Crippen LogP contribution is 2.23. The minimum Gasteiger partial charge on any atom is -0.351 e. The quantitative estimate of drug-likeness (QED) is 0.740. The minimum atomic E-state index is 0.118. The molecular weight excluding hydrogens is 230 g/mol. The number of nitrogens with two attached hydrogens (primary N) is 1. The van der Waals surface area contributed by atoms with Crippen molar-refractivity contribution >= 4 is 11.8 Å². The van der Waals surface area contributed by atoms with Gasteiger partial charge in [0, 0.05) is 38.0 Å². The second-order valence-electron chi connectivity index (χ2n) is 5.63. The van der Waals surface area contributed by atoms with E-state index in [1.165, 1.54) is 0 Å². The lowest BCUT2D eigenvalue weighted by Crippen LogP contribution is -2.50. The van der Waals surface area contributed by atoms with Gasteiger partial charge in [0.2, 0.25) is 11.8 Å².